The van der Waals surface area contributed by atoms with Crippen LogP contribution in [0.25, 0.3) is 0 Å². The van der Waals surface area contributed by atoms with Crippen LogP contribution in [0.15, 0.2) is 0 Å². The number of aryl methyl sites for hydroxylation is 1. The Hall–Kier alpha value is -1.41. The van der Waals surface area contributed by atoms with Gasteiger partial charge in [0.2, 0.25) is 0 Å². The van der Waals surface area contributed by atoms with E-state index in [1.165, 1.54) is 4.80 Å². The predicted octanol–water partition coefficient (Wildman–Crippen LogP) is 0.102. The molecule has 5 heteroatoms. The van der Waals surface area contributed by atoms with Crippen LogP contribution in [-0.2, 0) is 13.6 Å². The van der Waals surface area contributed by atoms with E-state index in [4.69, 9.17) is 6.42 Å². The average molecular weight is 193 g/mol. The average Bonchev–Trinajstić information content (AvgIpc) is 2.59. The van der Waals surface area contributed by atoms with Gasteiger partial charge in [0, 0.05) is 12.5 Å². The van der Waals surface area contributed by atoms with E-state index < -0.39 is 0 Å². The molecule has 0 saturated carbocycles. The Balaban J connectivity index is 2.36. The SMILES string of the molecule is C#CCC(CC)NCc1nnn(C)n1. The van der Waals surface area contributed by atoms with Gasteiger partial charge in [-0.3, -0.25) is 0 Å². The topological polar surface area (TPSA) is 55.6 Å². The molecule has 5 nitrogen and oxygen atoms in total. The number of rotatable bonds is 5. The van der Waals surface area contributed by atoms with Gasteiger partial charge in [-0.15, -0.1) is 22.5 Å². The van der Waals surface area contributed by atoms with Crippen LogP contribution in [0, 0.1) is 12.3 Å². The Bertz CT molecular complexity index is 311. The molecule has 0 fully saturated rings. The molecule has 1 atom stereocenters. The standard InChI is InChI=1S/C9H15N5/c1-4-6-8(5-2)10-7-9-11-13-14(3)12-9/h1,8,10H,5-7H2,2-3H3. The Morgan fingerprint density at radius 3 is 2.93 bits per heavy atom. The maximum Gasteiger partial charge on any atom is 0.188 e. The van der Waals surface area contributed by atoms with Crippen molar-refractivity contribution in [1.82, 2.24) is 25.5 Å². The fourth-order valence-corrected chi connectivity index (χ4v) is 1.13. The molecule has 1 heterocycles. The molecule has 1 rings (SSSR count). The van der Waals surface area contributed by atoms with Crippen LogP contribution in [0.1, 0.15) is 25.6 Å². The molecular formula is C9H15N5. The van der Waals surface area contributed by atoms with Crippen molar-refractivity contribution in [2.24, 2.45) is 7.05 Å². The van der Waals surface area contributed by atoms with Crippen LogP contribution in [0.2, 0.25) is 0 Å². The molecule has 1 aromatic heterocycles. The van der Waals surface area contributed by atoms with Crippen LogP contribution >= 0.6 is 0 Å². The van der Waals surface area contributed by atoms with Crippen molar-refractivity contribution in [3.8, 4) is 12.3 Å². The zero-order valence-corrected chi connectivity index (χ0v) is 8.56. The summed E-state index contributed by atoms with van der Waals surface area (Å²) in [6.45, 7) is 2.72. The minimum absolute atomic E-state index is 0.337. The molecule has 1 aromatic rings. The number of nitrogens with one attached hydrogen (secondary N) is 1. The fraction of sp³-hybridized carbons (Fsp3) is 0.667. The van der Waals surface area contributed by atoms with Crippen molar-refractivity contribution in [3.63, 3.8) is 0 Å². The van der Waals surface area contributed by atoms with Gasteiger partial charge in [-0.05, 0) is 11.6 Å². The maximum atomic E-state index is 5.24. The minimum atomic E-state index is 0.337. The molecule has 0 saturated heterocycles. The lowest BCUT2D eigenvalue weighted by Crippen LogP contribution is -2.27. The van der Waals surface area contributed by atoms with E-state index in [0.29, 0.717) is 18.4 Å². The van der Waals surface area contributed by atoms with Gasteiger partial charge in [0.25, 0.3) is 0 Å². The molecule has 0 aromatic carbocycles. The third-order valence-electron chi connectivity index (χ3n) is 1.96. The van der Waals surface area contributed by atoms with Crippen molar-refractivity contribution >= 4 is 0 Å². The Morgan fingerprint density at radius 1 is 1.64 bits per heavy atom. The van der Waals surface area contributed by atoms with Gasteiger partial charge in [-0.1, -0.05) is 6.92 Å². The summed E-state index contributed by atoms with van der Waals surface area (Å²) in [4.78, 5) is 1.44. The molecule has 0 spiro atoms. The first-order chi connectivity index (χ1) is 6.76. The Kier molecular flexibility index (Phi) is 4.08. The second kappa shape index (κ2) is 5.35. The normalized spacial score (nSPS) is 12.4. The van der Waals surface area contributed by atoms with Crippen LogP contribution in [0.3, 0.4) is 0 Å². The summed E-state index contributed by atoms with van der Waals surface area (Å²) in [6, 6.07) is 0.337. The zero-order valence-electron chi connectivity index (χ0n) is 8.56. The summed E-state index contributed by atoms with van der Waals surface area (Å²) in [7, 11) is 1.75. The van der Waals surface area contributed by atoms with E-state index in [9.17, 15) is 0 Å². The van der Waals surface area contributed by atoms with Gasteiger partial charge < -0.3 is 5.32 Å². The van der Waals surface area contributed by atoms with Crippen LogP contribution < -0.4 is 5.32 Å². The lowest BCUT2D eigenvalue weighted by molar-refractivity contribution is 0.496. The fourth-order valence-electron chi connectivity index (χ4n) is 1.13. The first-order valence-electron chi connectivity index (χ1n) is 4.66. The second-order valence-corrected chi connectivity index (χ2v) is 3.09. The summed E-state index contributed by atoms with van der Waals surface area (Å²) >= 11 is 0. The number of hydrogen-bond donors (Lipinski definition) is 1. The Labute approximate surface area is 83.9 Å². The van der Waals surface area contributed by atoms with Crippen molar-refractivity contribution in [2.45, 2.75) is 32.4 Å². The van der Waals surface area contributed by atoms with Gasteiger partial charge in [0.05, 0.1) is 13.6 Å². The largest absolute Gasteiger partial charge is 0.306 e. The lowest BCUT2D eigenvalue weighted by atomic mass is 10.1. The molecular weight excluding hydrogens is 178 g/mol. The molecule has 1 N–H and O–H groups in total. The lowest BCUT2D eigenvalue weighted by Gasteiger charge is -2.11. The number of terminal acetylenes is 1. The van der Waals surface area contributed by atoms with E-state index in [0.717, 1.165) is 12.8 Å². The van der Waals surface area contributed by atoms with Crippen LogP contribution in [0.4, 0.5) is 0 Å². The van der Waals surface area contributed by atoms with Crippen molar-refractivity contribution in [3.05, 3.63) is 5.82 Å². The predicted molar refractivity (Wildman–Crippen MR) is 53.2 cm³/mol. The molecule has 0 bridgehead atoms. The number of hydrogen-bond acceptors (Lipinski definition) is 4. The first kappa shape index (κ1) is 10.7. The summed E-state index contributed by atoms with van der Waals surface area (Å²) in [5, 5.41) is 14.9. The van der Waals surface area contributed by atoms with Gasteiger partial charge >= 0.3 is 0 Å². The van der Waals surface area contributed by atoms with Crippen molar-refractivity contribution in [1.29, 1.82) is 0 Å². The molecule has 0 amide bonds. The van der Waals surface area contributed by atoms with Crippen molar-refractivity contribution in [2.75, 3.05) is 0 Å². The Morgan fingerprint density at radius 2 is 2.43 bits per heavy atom. The van der Waals surface area contributed by atoms with E-state index in [1.54, 1.807) is 7.05 Å². The highest BCUT2D eigenvalue weighted by Crippen LogP contribution is 1.97. The highest BCUT2D eigenvalue weighted by atomic mass is 15.6. The first-order valence-corrected chi connectivity index (χ1v) is 4.66. The van der Waals surface area contributed by atoms with Crippen LogP contribution in [-0.4, -0.2) is 26.2 Å². The molecule has 76 valence electrons. The molecule has 0 aliphatic rings. The third kappa shape index (κ3) is 3.15. The van der Waals surface area contributed by atoms with E-state index in [1.807, 2.05) is 0 Å². The number of nitrogens with zero attached hydrogens (tertiary/aromatic N) is 4. The minimum Gasteiger partial charge on any atom is -0.306 e. The second-order valence-electron chi connectivity index (χ2n) is 3.09. The summed E-state index contributed by atoms with van der Waals surface area (Å²) in [5.74, 6) is 3.33. The van der Waals surface area contributed by atoms with Crippen LogP contribution in [0.5, 0.6) is 0 Å². The summed E-state index contributed by atoms with van der Waals surface area (Å²) in [5.41, 5.74) is 0. The highest BCUT2D eigenvalue weighted by molar-refractivity contribution is 4.90. The molecule has 0 aliphatic heterocycles. The smallest absolute Gasteiger partial charge is 0.188 e. The van der Waals surface area contributed by atoms with E-state index >= 15 is 0 Å². The molecule has 14 heavy (non-hydrogen) atoms. The van der Waals surface area contributed by atoms with E-state index in [2.05, 4.69) is 33.6 Å². The van der Waals surface area contributed by atoms with Gasteiger partial charge in [0.15, 0.2) is 5.82 Å². The van der Waals surface area contributed by atoms with Crippen molar-refractivity contribution < 1.29 is 0 Å². The zero-order chi connectivity index (χ0) is 10.4. The van der Waals surface area contributed by atoms with Gasteiger partial charge in [-0.25, -0.2) is 0 Å². The molecule has 0 radical (unpaired) electrons. The van der Waals surface area contributed by atoms with Gasteiger partial charge in [0.1, 0.15) is 0 Å². The summed E-state index contributed by atoms with van der Waals surface area (Å²) in [6.07, 6.45) is 6.98. The van der Waals surface area contributed by atoms with Gasteiger partial charge in [-0.2, -0.15) is 4.80 Å². The quantitative estimate of drug-likeness (QED) is 0.674. The monoisotopic (exact) mass is 193 g/mol. The summed E-state index contributed by atoms with van der Waals surface area (Å²) < 4.78 is 0. The van der Waals surface area contributed by atoms with E-state index in [-0.39, 0.29) is 0 Å². The molecule has 0 aliphatic carbocycles. The highest BCUT2D eigenvalue weighted by Gasteiger charge is 2.05. The third-order valence-corrected chi connectivity index (χ3v) is 1.96. The number of tetrazole rings is 1. The maximum absolute atomic E-state index is 5.24. The number of aromatic nitrogens is 4. The molecule has 1 unspecified atom stereocenters.